The van der Waals surface area contributed by atoms with E-state index in [1.54, 1.807) is 26.0 Å². The van der Waals surface area contributed by atoms with E-state index in [0.29, 0.717) is 12.2 Å². The molecule has 2 N–H and O–H groups in total. The summed E-state index contributed by atoms with van der Waals surface area (Å²) in [4.78, 5) is 26.4. The normalized spacial score (nSPS) is 20.0. The van der Waals surface area contributed by atoms with Gasteiger partial charge in [-0.1, -0.05) is 24.5 Å². The Hall–Kier alpha value is -1.83. The predicted octanol–water partition coefficient (Wildman–Crippen LogP) is 1.14. The van der Waals surface area contributed by atoms with Crippen molar-refractivity contribution < 1.29 is 23.2 Å². The van der Waals surface area contributed by atoms with E-state index >= 15 is 0 Å². The Labute approximate surface area is 160 Å². The molecule has 1 fully saturated rings. The summed E-state index contributed by atoms with van der Waals surface area (Å²) in [6.07, 6.45) is -0.115. The SMILES string of the molecule is Bc1ccc(NC(=O)N[C@@H]2C(=O)N(CP(=O)(OCC)OCC)C[C@@H]2C)cc1. The molecule has 0 aliphatic carbocycles. The molecule has 2 rings (SSSR count). The number of rotatable bonds is 8. The zero-order chi connectivity index (χ0) is 20.0. The molecule has 1 heterocycles. The maximum atomic E-state index is 12.7. The second-order valence-corrected chi connectivity index (χ2v) is 8.59. The highest BCUT2D eigenvalue weighted by molar-refractivity contribution is 7.53. The number of hydrogen-bond donors (Lipinski definition) is 2. The fourth-order valence-corrected chi connectivity index (χ4v) is 4.68. The first-order valence-electron chi connectivity index (χ1n) is 9.09. The third-order valence-electron chi connectivity index (χ3n) is 4.25. The van der Waals surface area contributed by atoms with Crippen LogP contribution in [0.5, 0.6) is 0 Å². The molecule has 1 aliphatic heterocycles. The Morgan fingerprint density at radius 3 is 2.41 bits per heavy atom. The number of benzene rings is 1. The number of nitrogens with zero attached hydrogens (tertiary/aromatic N) is 1. The Balaban J connectivity index is 1.98. The van der Waals surface area contributed by atoms with Crippen LogP contribution in [0, 0.1) is 5.92 Å². The third-order valence-corrected chi connectivity index (χ3v) is 6.24. The molecule has 3 amide bonds. The third kappa shape index (κ3) is 5.82. The Morgan fingerprint density at radius 1 is 1.26 bits per heavy atom. The lowest BCUT2D eigenvalue weighted by atomic mass is 9.96. The molecule has 1 aromatic carbocycles. The fraction of sp³-hybridized carbons (Fsp3) is 0.529. The highest BCUT2D eigenvalue weighted by Crippen LogP contribution is 2.49. The van der Waals surface area contributed by atoms with E-state index in [0.717, 1.165) is 5.46 Å². The molecule has 0 radical (unpaired) electrons. The predicted molar refractivity (Wildman–Crippen MR) is 107 cm³/mol. The first-order chi connectivity index (χ1) is 12.8. The number of anilines is 1. The molecule has 148 valence electrons. The van der Waals surface area contributed by atoms with Crippen molar-refractivity contribution in [2.75, 3.05) is 31.4 Å². The lowest BCUT2D eigenvalue weighted by molar-refractivity contribution is -0.128. The summed E-state index contributed by atoms with van der Waals surface area (Å²) in [5.74, 6) is -0.417. The van der Waals surface area contributed by atoms with E-state index in [9.17, 15) is 14.2 Å². The van der Waals surface area contributed by atoms with Gasteiger partial charge in [-0.05, 0) is 26.0 Å². The number of carbonyl (C=O) groups is 2. The zero-order valence-corrected chi connectivity index (χ0v) is 17.1. The maximum absolute atomic E-state index is 12.7. The average molecular weight is 395 g/mol. The van der Waals surface area contributed by atoms with Crippen LogP contribution in [0.2, 0.25) is 0 Å². The smallest absolute Gasteiger partial charge is 0.329 e. The molecule has 8 nitrogen and oxygen atoms in total. The molecule has 0 spiro atoms. The van der Waals surface area contributed by atoms with Gasteiger partial charge in [-0.2, -0.15) is 0 Å². The molecule has 0 unspecified atom stereocenters. The van der Waals surface area contributed by atoms with Crippen LogP contribution >= 0.6 is 7.60 Å². The highest BCUT2D eigenvalue weighted by Gasteiger charge is 2.42. The van der Waals surface area contributed by atoms with Crippen molar-refractivity contribution in [1.82, 2.24) is 10.2 Å². The summed E-state index contributed by atoms with van der Waals surface area (Å²) in [5, 5.41) is 5.42. The van der Waals surface area contributed by atoms with Crippen molar-refractivity contribution in [2.45, 2.75) is 26.8 Å². The first kappa shape index (κ1) is 21.5. The van der Waals surface area contributed by atoms with Crippen molar-refractivity contribution in [3.05, 3.63) is 24.3 Å². The lowest BCUT2D eigenvalue weighted by Crippen LogP contribution is -2.45. The summed E-state index contributed by atoms with van der Waals surface area (Å²) in [6.45, 7) is 6.14. The van der Waals surface area contributed by atoms with Gasteiger partial charge in [0, 0.05) is 18.2 Å². The van der Waals surface area contributed by atoms with Crippen molar-refractivity contribution in [2.24, 2.45) is 5.92 Å². The van der Waals surface area contributed by atoms with Crippen LogP contribution in [-0.2, 0) is 18.4 Å². The maximum Gasteiger partial charge on any atom is 0.349 e. The second kappa shape index (κ2) is 9.40. The second-order valence-electron chi connectivity index (χ2n) is 6.57. The molecule has 0 bridgehead atoms. The van der Waals surface area contributed by atoms with Gasteiger partial charge in [0.2, 0.25) is 5.91 Å². The van der Waals surface area contributed by atoms with Crippen LogP contribution in [-0.4, -0.2) is 56.8 Å². The number of likely N-dealkylation sites (tertiary alicyclic amines) is 1. The first-order valence-corrected chi connectivity index (χ1v) is 10.8. The van der Waals surface area contributed by atoms with Gasteiger partial charge < -0.3 is 24.6 Å². The fourth-order valence-electron chi connectivity index (χ4n) is 2.98. The van der Waals surface area contributed by atoms with Crippen LogP contribution in [0.3, 0.4) is 0 Å². The molecular formula is C17H27BN3O5P. The highest BCUT2D eigenvalue weighted by atomic mass is 31.2. The summed E-state index contributed by atoms with van der Waals surface area (Å²) < 4.78 is 23.2. The van der Waals surface area contributed by atoms with Crippen molar-refractivity contribution in [1.29, 1.82) is 0 Å². The minimum absolute atomic E-state index is 0.115. The van der Waals surface area contributed by atoms with E-state index in [2.05, 4.69) is 10.6 Å². The van der Waals surface area contributed by atoms with Gasteiger partial charge in [-0.15, -0.1) is 0 Å². The molecule has 0 aromatic heterocycles. The van der Waals surface area contributed by atoms with Crippen molar-refractivity contribution in [3.8, 4) is 0 Å². The van der Waals surface area contributed by atoms with E-state index in [4.69, 9.17) is 9.05 Å². The zero-order valence-electron chi connectivity index (χ0n) is 16.2. The van der Waals surface area contributed by atoms with E-state index in [-0.39, 0.29) is 31.3 Å². The number of hydrogen-bond acceptors (Lipinski definition) is 5. The van der Waals surface area contributed by atoms with Gasteiger partial charge >= 0.3 is 13.6 Å². The standard InChI is InChI=1S/C17H27BN3O5P/c1-4-25-27(24,26-5-2)11-21-10-12(3)15(16(21)22)20-17(23)19-14-8-6-13(18)7-9-14/h6-9,12,15H,4-5,10-11,18H2,1-3H3,(H2,19,20,23)/t12-,15-/m0/s1. The minimum Gasteiger partial charge on any atom is -0.329 e. The molecule has 1 saturated heterocycles. The summed E-state index contributed by atoms with van der Waals surface area (Å²) in [7, 11) is -1.42. The number of amides is 3. The topological polar surface area (TPSA) is 97.0 Å². The molecule has 1 aromatic rings. The monoisotopic (exact) mass is 395 g/mol. The van der Waals surface area contributed by atoms with Crippen molar-refractivity contribution >= 4 is 38.5 Å². The number of urea groups is 1. The van der Waals surface area contributed by atoms with Crippen molar-refractivity contribution in [3.63, 3.8) is 0 Å². The summed E-state index contributed by atoms with van der Waals surface area (Å²) in [6, 6.07) is 6.22. The summed E-state index contributed by atoms with van der Waals surface area (Å²) in [5.41, 5.74) is 1.73. The summed E-state index contributed by atoms with van der Waals surface area (Å²) >= 11 is 0. The molecule has 10 heteroatoms. The Morgan fingerprint density at radius 2 is 1.85 bits per heavy atom. The average Bonchev–Trinajstić information content (AvgIpc) is 2.84. The van der Waals surface area contributed by atoms with Gasteiger partial charge in [-0.25, -0.2) is 4.79 Å². The van der Waals surface area contributed by atoms with Gasteiger partial charge in [0.25, 0.3) is 0 Å². The van der Waals surface area contributed by atoms with Crippen LogP contribution in [0.1, 0.15) is 20.8 Å². The molecule has 27 heavy (non-hydrogen) atoms. The van der Waals surface area contributed by atoms with Crippen LogP contribution in [0.25, 0.3) is 0 Å². The number of nitrogens with one attached hydrogen (secondary N) is 2. The molecular weight excluding hydrogens is 368 g/mol. The van der Waals surface area contributed by atoms with Crippen LogP contribution in [0.4, 0.5) is 10.5 Å². The van der Waals surface area contributed by atoms with Gasteiger partial charge in [-0.3, -0.25) is 9.36 Å². The van der Waals surface area contributed by atoms with E-state index in [1.165, 1.54) is 4.90 Å². The lowest BCUT2D eigenvalue weighted by Gasteiger charge is -2.23. The largest absolute Gasteiger partial charge is 0.349 e. The van der Waals surface area contributed by atoms with Crippen LogP contribution < -0.4 is 16.1 Å². The minimum atomic E-state index is -3.38. The van der Waals surface area contributed by atoms with Gasteiger partial charge in [0.05, 0.1) is 13.2 Å². The molecule has 2 atom stereocenters. The van der Waals surface area contributed by atoms with E-state index in [1.807, 2.05) is 26.9 Å². The van der Waals surface area contributed by atoms with Gasteiger partial charge in [0.15, 0.2) is 0 Å². The van der Waals surface area contributed by atoms with Crippen LogP contribution in [0.15, 0.2) is 24.3 Å². The quantitative estimate of drug-likeness (QED) is 0.508. The van der Waals surface area contributed by atoms with E-state index < -0.39 is 19.7 Å². The van der Waals surface area contributed by atoms with Gasteiger partial charge in [0.1, 0.15) is 20.2 Å². The molecule has 0 saturated carbocycles. The Bertz CT molecular complexity index is 705. The number of carbonyl (C=O) groups excluding carboxylic acids is 2. The Kier molecular flexibility index (Phi) is 7.47. The molecule has 1 aliphatic rings.